The molecule has 0 aliphatic carbocycles. The molecule has 2 aromatic rings. The van der Waals surface area contributed by atoms with Crippen molar-refractivity contribution in [2.24, 2.45) is 0 Å². The van der Waals surface area contributed by atoms with Crippen molar-refractivity contribution in [2.75, 3.05) is 20.6 Å². The van der Waals surface area contributed by atoms with Crippen molar-refractivity contribution in [1.29, 1.82) is 0 Å². The summed E-state index contributed by atoms with van der Waals surface area (Å²) in [5, 5.41) is 0. The van der Waals surface area contributed by atoms with Crippen LogP contribution in [0.1, 0.15) is 29.5 Å². The van der Waals surface area contributed by atoms with Crippen LogP contribution in [-0.2, 0) is 12.8 Å². The lowest BCUT2D eigenvalue weighted by molar-refractivity contribution is 0.394. The van der Waals surface area contributed by atoms with Crippen molar-refractivity contribution in [1.82, 2.24) is 4.90 Å². The highest BCUT2D eigenvalue weighted by Crippen LogP contribution is 2.12. The van der Waals surface area contributed by atoms with Crippen LogP contribution in [0.15, 0.2) is 54.6 Å². The molecule has 0 aromatic heterocycles. The van der Waals surface area contributed by atoms with E-state index in [0.29, 0.717) is 0 Å². The number of aryl methyl sites for hydroxylation is 1. The van der Waals surface area contributed by atoms with Crippen molar-refractivity contribution < 1.29 is 0 Å². The molecule has 0 saturated heterocycles. The van der Waals surface area contributed by atoms with Crippen LogP contribution in [0, 0.1) is 0 Å². The number of nitrogens with zero attached hydrogens (tertiary/aromatic N) is 1. The molecule has 0 bridgehead atoms. The molecule has 0 aliphatic heterocycles. The van der Waals surface area contributed by atoms with E-state index in [0.717, 1.165) is 6.42 Å². The van der Waals surface area contributed by atoms with Crippen molar-refractivity contribution in [3.63, 3.8) is 0 Å². The van der Waals surface area contributed by atoms with Gasteiger partial charge in [-0.05, 0) is 63.0 Å². The molecule has 0 atom stereocenters. The van der Waals surface area contributed by atoms with E-state index in [-0.39, 0.29) is 0 Å². The first-order valence-corrected chi connectivity index (χ1v) is 7.50. The van der Waals surface area contributed by atoms with Gasteiger partial charge in [-0.3, -0.25) is 0 Å². The Kier molecular flexibility index (Phi) is 5.82. The summed E-state index contributed by atoms with van der Waals surface area (Å²) < 4.78 is 0. The van der Waals surface area contributed by atoms with E-state index in [1.54, 1.807) is 0 Å². The first-order valence-electron chi connectivity index (χ1n) is 7.50. The molecule has 20 heavy (non-hydrogen) atoms. The van der Waals surface area contributed by atoms with Gasteiger partial charge in [0.15, 0.2) is 0 Å². The van der Waals surface area contributed by atoms with Gasteiger partial charge in [0.25, 0.3) is 0 Å². The van der Waals surface area contributed by atoms with Crippen molar-refractivity contribution in [2.45, 2.75) is 25.7 Å². The maximum atomic E-state index is 2.29. The molecule has 0 fully saturated rings. The van der Waals surface area contributed by atoms with Crippen LogP contribution in [0.2, 0.25) is 0 Å². The number of hydrogen-bond donors (Lipinski definition) is 0. The Labute approximate surface area is 123 Å². The second-order valence-electron chi connectivity index (χ2n) is 5.74. The lowest BCUT2D eigenvalue weighted by atomic mass is 10.0. The lowest BCUT2D eigenvalue weighted by Crippen LogP contribution is -2.12. The Bertz CT molecular complexity index is 485. The van der Waals surface area contributed by atoms with E-state index in [4.69, 9.17) is 0 Å². The zero-order valence-electron chi connectivity index (χ0n) is 12.7. The quantitative estimate of drug-likeness (QED) is 0.681. The Hall–Kier alpha value is -1.60. The zero-order valence-corrected chi connectivity index (χ0v) is 12.7. The largest absolute Gasteiger partial charge is 0.309 e. The highest BCUT2D eigenvalue weighted by molar-refractivity contribution is 5.28. The third kappa shape index (κ3) is 5.18. The summed E-state index contributed by atoms with van der Waals surface area (Å²) in [6, 6.07) is 19.8. The summed E-state index contributed by atoms with van der Waals surface area (Å²) in [7, 11) is 4.27. The highest BCUT2D eigenvalue weighted by Gasteiger charge is 1.98. The van der Waals surface area contributed by atoms with Crippen LogP contribution in [0.3, 0.4) is 0 Å². The number of unbranched alkanes of at least 4 members (excludes halogenated alkanes) is 1. The fraction of sp³-hybridized carbons (Fsp3) is 0.368. The molecule has 2 rings (SSSR count). The van der Waals surface area contributed by atoms with E-state index in [9.17, 15) is 0 Å². The van der Waals surface area contributed by atoms with Gasteiger partial charge in [-0.2, -0.15) is 0 Å². The molecule has 2 aromatic carbocycles. The van der Waals surface area contributed by atoms with Crippen LogP contribution in [-0.4, -0.2) is 25.5 Å². The molecule has 0 spiro atoms. The second kappa shape index (κ2) is 7.86. The van der Waals surface area contributed by atoms with Gasteiger partial charge < -0.3 is 4.90 Å². The fourth-order valence-electron chi connectivity index (χ4n) is 2.41. The summed E-state index contributed by atoms with van der Waals surface area (Å²) >= 11 is 0. The van der Waals surface area contributed by atoms with Gasteiger partial charge in [0, 0.05) is 0 Å². The van der Waals surface area contributed by atoms with Gasteiger partial charge in [0.05, 0.1) is 0 Å². The molecule has 0 aliphatic rings. The van der Waals surface area contributed by atoms with Crippen molar-refractivity contribution in [3.05, 3.63) is 71.3 Å². The fourth-order valence-corrected chi connectivity index (χ4v) is 2.41. The summed E-state index contributed by atoms with van der Waals surface area (Å²) in [5.74, 6) is 0. The van der Waals surface area contributed by atoms with Gasteiger partial charge in [0.2, 0.25) is 0 Å². The third-order valence-electron chi connectivity index (χ3n) is 3.59. The van der Waals surface area contributed by atoms with Crippen LogP contribution < -0.4 is 0 Å². The van der Waals surface area contributed by atoms with E-state index in [1.165, 1.54) is 42.5 Å². The van der Waals surface area contributed by atoms with Gasteiger partial charge >= 0.3 is 0 Å². The van der Waals surface area contributed by atoms with Crippen LogP contribution in [0.25, 0.3) is 0 Å². The Morgan fingerprint density at radius 1 is 0.700 bits per heavy atom. The van der Waals surface area contributed by atoms with Crippen LogP contribution >= 0.6 is 0 Å². The van der Waals surface area contributed by atoms with Crippen LogP contribution in [0.4, 0.5) is 0 Å². The topological polar surface area (TPSA) is 3.24 Å². The number of benzene rings is 2. The molecule has 0 radical (unpaired) electrons. The summed E-state index contributed by atoms with van der Waals surface area (Å²) in [6.45, 7) is 1.19. The second-order valence-corrected chi connectivity index (χ2v) is 5.74. The number of hydrogen-bond acceptors (Lipinski definition) is 1. The van der Waals surface area contributed by atoms with E-state index < -0.39 is 0 Å². The molecule has 0 N–H and O–H groups in total. The summed E-state index contributed by atoms with van der Waals surface area (Å²) in [6.07, 6.45) is 4.77. The molecule has 0 saturated carbocycles. The number of rotatable bonds is 7. The zero-order chi connectivity index (χ0) is 14.2. The minimum absolute atomic E-state index is 1.03. The Morgan fingerprint density at radius 3 is 1.95 bits per heavy atom. The van der Waals surface area contributed by atoms with Gasteiger partial charge in [-0.15, -0.1) is 0 Å². The molecular weight excluding hydrogens is 242 g/mol. The molecular formula is C19H25N. The lowest BCUT2D eigenvalue weighted by Gasteiger charge is -2.09. The molecule has 0 unspecified atom stereocenters. The first kappa shape index (κ1) is 14.8. The maximum Gasteiger partial charge on any atom is -0.00247 e. The predicted octanol–water partition coefficient (Wildman–Crippen LogP) is 4.16. The average Bonchev–Trinajstić information content (AvgIpc) is 2.46. The molecule has 1 nitrogen and oxygen atoms in total. The van der Waals surface area contributed by atoms with Crippen molar-refractivity contribution in [3.8, 4) is 0 Å². The minimum Gasteiger partial charge on any atom is -0.309 e. The SMILES string of the molecule is CN(C)CCCCc1ccc(Cc2ccccc2)cc1. The average molecular weight is 267 g/mol. The maximum absolute atomic E-state index is 2.29. The smallest absolute Gasteiger partial charge is 0.00247 e. The monoisotopic (exact) mass is 267 g/mol. The molecule has 106 valence electrons. The van der Waals surface area contributed by atoms with E-state index in [2.05, 4.69) is 73.6 Å². The van der Waals surface area contributed by atoms with E-state index in [1.807, 2.05) is 0 Å². The standard InChI is InChI=1S/C19H25N/c1-20(2)15-7-6-8-17-11-13-19(14-12-17)16-18-9-4-3-5-10-18/h3-5,9-14H,6-8,15-16H2,1-2H3. The predicted molar refractivity (Wildman–Crippen MR) is 87.2 cm³/mol. The third-order valence-corrected chi connectivity index (χ3v) is 3.59. The van der Waals surface area contributed by atoms with Gasteiger partial charge in [-0.25, -0.2) is 0 Å². The van der Waals surface area contributed by atoms with Crippen molar-refractivity contribution >= 4 is 0 Å². The molecule has 1 heteroatoms. The van der Waals surface area contributed by atoms with Crippen LogP contribution in [0.5, 0.6) is 0 Å². The van der Waals surface area contributed by atoms with Gasteiger partial charge in [-0.1, -0.05) is 54.6 Å². The molecule has 0 amide bonds. The normalized spacial score (nSPS) is 10.9. The molecule has 0 heterocycles. The summed E-state index contributed by atoms with van der Waals surface area (Å²) in [5.41, 5.74) is 4.24. The van der Waals surface area contributed by atoms with Gasteiger partial charge in [0.1, 0.15) is 0 Å². The first-order chi connectivity index (χ1) is 9.74. The Morgan fingerprint density at radius 2 is 1.30 bits per heavy atom. The highest BCUT2D eigenvalue weighted by atomic mass is 15.0. The minimum atomic E-state index is 1.03. The van der Waals surface area contributed by atoms with E-state index >= 15 is 0 Å². The Balaban J connectivity index is 1.81. The summed E-state index contributed by atoms with van der Waals surface area (Å²) in [4.78, 5) is 2.25.